The molecule has 0 amide bonds. The molecule has 0 N–H and O–H groups in total. The molecule has 0 spiro atoms. The molecule has 1 heterocycles. The van der Waals surface area contributed by atoms with Crippen molar-refractivity contribution in [1.29, 1.82) is 0 Å². The van der Waals surface area contributed by atoms with Gasteiger partial charge in [0.05, 0.1) is 10.8 Å². The standard InChI is InChI=1S/C6H7Cl3N2OS2/c1-3(2)14(12)5-10-4(11-13-5)6(7,8)9/h3H,1-2H3. The van der Waals surface area contributed by atoms with Gasteiger partial charge in [0.2, 0.25) is 4.34 Å². The number of halogens is 3. The molecule has 0 aliphatic rings. The molecule has 0 bridgehead atoms. The number of alkyl halides is 3. The molecule has 3 nitrogen and oxygen atoms in total. The molecule has 1 aromatic rings. The number of hydrogen-bond donors (Lipinski definition) is 0. The lowest BCUT2D eigenvalue weighted by Crippen LogP contribution is -2.07. The molecule has 1 aromatic heterocycles. The maximum atomic E-state index is 11.6. The van der Waals surface area contributed by atoms with Crippen molar-refractivity contribution in [3.05, 3.63) is 5.82 Å². The summed E-state index contributed by atoms with van der Waals surface area (Å²) in [6, 6.07) is 0. The Morgan fingerprint density at radius 3 is 2.36 bits per heavy atom. The molecule has 0 aliphatic carbocycles. The van der Waals surface area contributed by atoms with Crippen LogP contribution in [0.4, 0.5) is 0 Å². The van der Waals surface area contributed by atoms with E-state index >= 15 is 0 Å². The third kappa shape index (κ3) is 3.03. The summed E-state index contributed by atoms with van der Waals surface area (Å²) in [6.45, 7) is 3.65. The number of hydrogen-bond acceptors (Lipinski definition) is 4. The lowest BCUT2D eigenvalue weighted by molar-refractivity contribution is 0.675. The van der Waals surface area contributed by atoms with E-state index in [4.69, 9.17) is 34.8 Å². The van der Waals surface area contributed by atoms with Gasteiger partial charge < -0.3 is 0 Å². The molecule has 0 radical (unpaired) electrons. The quantitative estimate of drug-likeness (QED) is 0.788. The Labute approximate surface area is 103 Å². The van der Waals surface area contributed by atoms with Crippen LogP contribution in [0.25, 0.3) is 0 Å². The van der Waals surface area contributed by atoms with E-state index in [0.29, 0.717) is 4.34 Å². The van der Waals surface area contributed by atoms with Gasteiger partial charge in [-0.1, -0.05) is 48.7 Å². The van der Waals surface area contributed by atoms with Gasteiger partial charge in [0.15, 0.2) is 5.82 Å². The first-order valence-electron chi connectivity index (χ1n) is 3.64. The van der Waals surface area contributed by atoms with Gasteiger partial charge >= 0.3 is 0 Å². The summed E-state index contributed by atoms with van der Waals surface area (Å²) in [6.07, 6.45) is 0. The Hall–Kier alpha value is 0.580. The zero-order valence-corrected chi connectivity index (χ0v) is 11.2. The van der Waals surface area contributed by atoms with Crippen LogP contribution in [0, 0.1) is 0 Å². The highest BCUT2D eigenvalue weighted by molar-refractivity contribution is 7.87. The minimum Gasteiger partial charge on any atom is -0.252 e. The van der Waals surface area contributed by atoms with Crippen molar-refractivity contribution in [3.63, 3.8) is 0 Å². The minimum atomic E-state index is -1.64. The van der Waals surface area contributed by atoms with Crippen LogP contribution in [0.5, 0.6) is 0 Å². The topological polar surface area (TPSA) is 42.9 Å². The molecule has 80 valence electrons. The average Bonchev–Trinajstić information content (AvgIpc) is 2.49. The van der Waals surface area contributed by atoms with Gasteiger partial charge in [-0.2, -0.15) is 4.37 Å². The van der Waals surface area contributed by atoms with E-state index in [0.717, 1.165) is 11.5 Å². The molecule has 0 saturated carbocycles. The second kappa shape index (κ2) is 4.61. The fraction of sp³-hybridized carbons (Fsp3) is 0.667. The first-order chi connectivity index (χ1) is 6.32. The number of nitrogens with zero attached hydrogens (tertiary/aromatic N) is 2. The SMILES string of the molecule is CC(C)S(=O)c1nc(C(Cl)(Cl)Cl)ns1. The van der Waals surface area contributed by atoms with Gasteiger partial charge in [-0.3, -0.25) is 4.21 Å². The second-order valence-electron chi connectivity index (χ2n) is 2.73. The number of aromatic nitrogens is 2. The van der Waals surface area contributed by atoms with Crippen molar-refractivity contribution >= 4 is 57.1 Å². The lowest BCUT2D eigenvalue weighted by Gasteiger charge is -2.03. The van der Waals surface area contributed by atoms with Crippen molar-refractivity contribution in [3.8, 4) is 0 Å². The summed E-state index contributed by atoms with van der Waals surface area (Å²) >= 11 is 17.7. The molecule has 1 unspecified atom stereocenters. The van der Waals surface area contributed by atoms with E-state index in [1.165, 1.54) is 0 Å². The van der Waals surface area contributed by atoms with Gasteiger partial charge in [0, 0.05) is 5.25 Å². The van der Waals surface area contributed by atoms with E-state index < -0.39 is 14.6 Å². The predicted octanol–water partition coefficient (Wildman–Crippen LogP) is 2.88. The van der Waals surface area contributed by atoms with Crippen molar-refractivity contribution in [2.75, 3.05) is 0 Å². The van der Waals surface area contributed by atoms with Crippen LogP contribution in [0.3, 0.4) is 0 Å². The van der Waals surface area contributed by atoms with Crippen LogP contribution < -0.4 is 0 Å². The zero-order valence-electron chi connectivity index (χ0n) is 7.33. The average molecular weight is 294 g/mol. The molecule has 0 saturated heterocycles. The summed E-state index contributed by atoms with van der Waals surface area (Å²) in [5, 5.41) is -0.0221. The minimum absolute atomic E-state index is 0.0221. The predicted molar refractivity (Wildman–Crippen MR) is 60.7 cm³/mol. The molecular weight excluding hydrogens is 287 g/mol. The van der Waals surface area contributed by atoms with E-state index in [2.05, 4.69) is 9.36 Å². The van der Waals surface area contributed by atoms with Crippen molar-refractivity contribution in [2.24, 2.45) is 0 Å². The molecule has 14 heavy (non-hydrogen) atoms. The van der Waals surface area contributed by atoms with Crippen molar-refractivity contribution in [2.45, 2.75) is 27.2 Å². The number of rotatable bonds is 2. The summed E-state index contributed by atoms with van der Waals surface area (Å²) < 4.78 is 14.2. The Bertz CT molecular complexity index is 347. The Morgan fingerprint density at radius 1 is 1.43 bits per heavy atom. The highest BCUT2D eigenvalue weighted by atomic mass is 35.6. The molecule has 8 heteroatoms. The summed E-state index contributed by atoms with van der Waals surface area (Å²) in [4.78, 5) is 3.91. The van der Waals surface area contributed by atoms with E-state index in [-0.39, 0.29) is 11.1 Å². The fourth-order valence-corrected chi connectivity index (χ4v) is 3.04. The lowest BCUT2D eigenvalue weighted by atomic mass is 10.6. The van der Waals surface area contributed by atoms with Gasteiger partial charge in [0.25, 0.3) is 3.79 Å². The molecule has 1 atom stereocenters. The molecule has 0 aromatic carbocycles. The largest absolute Gasteiger partial charge is 0.252 e. The fourth-order valence-electron chi connectivity index (χ4n) is 0.608. The maximum Gasteiger partial charge on any atom is 0.251 e. The smallest absolute Gasteiger partial charge is 0.251 e. The van der Waals surface area contributed by atoms with Gasteiger partial charge in [-0.05, 0) is 11.5 Å². The van der Waals surface area contributed by atoms with Crippen molar-refractivity contribution in [1.82, 2.24) is 9.36 Å². The first-order valence-corrected chi connectivity index (χ1v) is 6.76. The van der Waals surface area contributed by atoms with Gasteiger partial charge in [-0.15, -0.1) is 0 Å². The molecule has 1 rings (SSSR count). The van der Waals surface area contributed by atoms with Crippen LogP contribution in [-0.4, -0.2) is 18.8 Å². The zero-order chi connectivity index (χ0) is 10.9. The molecule has 0 fully saturated rings. The van der Waals surface area contributed by atoms with Gasteiger partial charge in [0.1, 0.15) is 0 Å². The van der Waals surface area contributed by atoms with Crippen molar-refractivity contribution < 1.29 is 4.21 Å². The molecular formula is C6H7Cl3N2OS2. The summed E-state index contributed by atoms with van der Waals surface area (Å²) in [5.41, 5.74) is 0. The Kier molecular flexibility index (Phi) is 4.17. The Morgan fingerprint density at radius 2 is 2.00 bits per heavy atom. The maximum absolute atomic E-state index is 11.6. The highest BCUT2D eigenvalue weighted by Gasteiger charge is 2.29. The molecule has 0 aliphatic heterocycles. The monoisotopic (exact) mass is 292 g/mol. The van der Waals surface area contributed by atoms with Gasteiger partial charge in [-0.25, -0.2) is 4.98 Å². The first kappa shape index (κ1) is 12.6. The highest BCUT2D eigenvalue weighted by Crippen LogP contribution is 2.37. The van der Waals surface area contributed by atoms with Crippen LogP contribution in [0.15, 0.2) is 4.34 Å². The van der Waals surface area contributed by atoms with E-state index in [1.807, 2.05) is 13.8 Å². The second-order valence-corrected chi connectivity index (χ2v) is 7.94. The third-order valence-corrected chi connectivity index (χ3v) is 4.29. The van der Waals surface area contributed by atoms with Crippen LogP contribution in [0.1, 0.15) is 19.7 Å². The van der Waals surface area contributed by atoms with E-state index in [1.54, 1.807) is 0 Å². The van der Waals surface area contributed by atoms with Crippen LogP contribution in [-0.2, 0) is 14.6 Å². The third-order valence-electron chi connectivity index (χ3n) is 1.26. The Balaban J connectivity index is 2.95. The summed E-state index contributed by atoms with van der Waals surface area (Å²) in [5.74, 6) is 0.0801. The summed E-state index contributed by atoms with van der Waals surface area (Å²) in [7, 11) is -1.18. The van der Waals surface area contributed by atoms with Crippen LogP contribution in [0.2, 0.25) is 0 Å². The van der Waals surface area contributed by atoms with Crippen LogP contribution >= 0.6 is 46.3 Å². The normalized spacial score (nSPS) is 14.7. The van der Waals surface area contributed by atoms with E-state index in [9.17, 15) is 4.21 Å².